The van der Waals surface area contributed by atoms with Gasteiger partial charge in [0, 0.05) is 11.4 Å². The van der Waals surface area contributed by atoms with Crippen molar-refractivity contribution in [1.29, 1.82) is 0 Å². The molecule has 0 aliphatic carbocycles. The first-order valence-corrected chi connectivity index (χ1v) is 6.35. The number of thiophene rings is 1. The molecule has 2 rings (SSSR count). The minimum absolute atomic E-state index is 0.149. The molecule has 0 fully saturated rings. The van der Waals surface area contributed by atoms with E-state index in [2.05, 4.69) is 16.8 Å². The summed E-state index contributed by atoms with van der Waals surface area (Å²) in [6, 6.07) is 1.90. The molecule has 16 heavy (non-hydrogen) atoms. The van der Waals surface area contributed by atoms with Gasteiger partial charge in [0.25, 0.3) is 0 Å². The molecule has 3 nitrogen and oxygen atoms in total. The van der Waals surface area contributed by atoms with Crippen molar-refractivity contribution in [2.45, 2.75) is 45.4 Å². The summed E-state index contributed by atoms with van der Waals surface area (Å²) < 4.78 is 5.37. The van der Waals surface area contributed by atoms with Crippen molar-refractivity contribution in [2.24, 2.45) is 0 Å². The van der Waals surface area contributed by atoms with E-state index < -0.39 is 5.60 Å². The lowest BCUT2D eigenvalue weighted by Gasteiger charge is -2.27. The number of rotatable bonds is 1. The third kappa shape index (κ3) is 2.62. The summed E-state index contributed by atoms with van der Waals surface area (Å²) in [7, 11) is 0. The molecule has 88 valence electrons. The minimum atomic E-state index is -0.409. The Morgan fingerprint density at radius 2 is 2.31 bits per heavy atom. The number of ether oxygens (including phenoxy) is 1. The lowest BCUT2D eigenvalue weighted by Crippen LogP contribution is -2.44. The van der Waals surface area contributed by atoms with E-state index in [1.165, 1.54) is 10.4 Å². The van der Waals surface area contributed by atoms with Crippen molar-refractivity contribution in [3.63, 3.8) is 0 Å². The molecule has 1 aromatic rings. The van der Waals surface area contributed by atoms with Crippen LogP contribution in [0.15, 0.2) is 11.4 Å². The highest BCUT2D eigenvalue weighted by Gasteiger charge is 2.28. The number of hydrogen-bond donors (Lipinski definition) is 1. The normalized spacial score (nSPS) is 20.3. The molecule has 0 spiro atoms. The first-order chi connectivity index (χ1) is 7.46. The van der Waals surface area contributed by atoms with Gasteiger partial charge in [0.2, 0.25) is 0 Å². The number of fused-ring (bicyclic) bond motifs is 1. The van der Waals surface area contributed by atoms with E-state index in [0.29, 0.717) is 0 Å². The fourth-order valence-corrected chi connectivity index (χ4v) is 2.62. The van der Waals surface area contributed by atoms with Gasteiger partial charge in [-0.25, -0.2) is 0 Å². The van der Waals surface area contributed by atoms with Gasteiger partial charge in [-0.1, -0.05) is 0 Å². The maximum atomic E-state index is 11.9. The highest BCUT2D eigenvalue weighted by Crippen LogP contribution is 2.23. The van der Waals surface area contributed by atoms with Crippen LogP contribution in [0.1, 0.15) is 31.2 Å². The first kappa shape index (κ1) is 11.6. The second-order valence-corrected chi connectivity index (χ2v) is 6.04. The highest BCUT2D eigenvalue weighted by atomic mass is 32.1. The Bertz CT molecular complexity index is 392. The van der Waals surface area contributed by atoms with Crippen LogP contribution in [0, 0.1) is 0 Å². The fourth-order valence-electron chi connectivity index (χ4n) is 1.75. The van der Waals surface area contributed by atoms with Crippen LogP contribution in [0.4, 0.5) is 0 Å². The second kappa shape index (κ2) is 4.18. The Hall–Kier alpha value is -0.870. The van der Waals surface area contributed by atoms with Gasteiger partial charge in [0.05, 0.1) is 0 Å². The number of hydrogen-bond acceptors (Lipinski definition) is 4. The lowest BCUT2D eigenvalue weighted by atomic mass is 10.0. The average Bonchev–Trinajstić information content (AvgIpc) is 2.61. The van der Waals surface area contributed by atoms with Gasteiger partial charge in [-0.3, -0.25) is 10.1 Å². The van der Waals surface area contributed by atoms with E-state index in [4.69, 9.17) is 4.74 Å². The summed E-state index contributed by atoms with van der Waals surface area (Å²) >= 11 is 1.74. The molecule has 2 heterocycles. The molecule has 1 N–H and O–H groups in total. The smallest absolute Gasteiger partial charge is 0.324 e. The first-order valence-electron chi connectivity index (χ1n) is 5.47. The van der Waals surface area contributed by atoms with Crippen molar-refractivity contribution >= 4 is 17.3 Å². The van der Waals surface area contributed by atoms with Gasteiger partial charge >= 0.3 is 5.97 Å². The standard InChI is InChI=1S/C12H17NO2S/c1-12(2,3)15-11(14)9-6-8-4-5-16-10(8)7-13-9/h4-5,9,13H,6-7H2,1-3H3. The molecule has 1 aromatic heterocycles. The van der Waals surface area contributed by atoms with Crippen LogP contribution in [-0.4, -0.2) is 17.6 Å². The van der Waals surface area contributed by atoms with E-state index in [9.17, 15) is 4.79 Å². The van der Waals surface area contributed by atoms with Crippen LogP contribution >= 0.6 is 11.3 Å². The molecule has 0 amide bonds. The van der Waals surface area contributed by atoms with Crippen molar-refractivity contribution in [2.75, 3.05) is 0 Å². The SMILES string of the molecule is CC(C)(C)OC(=O)C1Cc2ccsc2CN1. The number of esters is 1. The van der Waals surface area contributed by atoms with Gasteiger partial charge in [0.15, 0.2) is 0 Å². The summed E-state index contributed by atoms with van der Waals surface area (Å²) in [5.74, 6) is -0.149. The van der Waals surface area contributed by atoms with E-state index in [-0.39, 0.29) is 12.0 Å². The van der Waals surface area contributed by atoms with Crippen LogP contribution in [0.25, 0.3) is 0 Å². The van der Waals surface area contributed by atoms with Crippen molar-refractivity contribution in [3.8, 4) is 0 Å². The van der Waals surface area contributed by atoms with E-state index in [0.717, 1.165) is 13.0 Å². The van der Waals surface area contributed by atoms with Gasteiger partial charge in [-0.05, 0) is 44.2 Å². The molecular formula is C12H17NO2S. The predicted molar refractivity (Wildman–Crippen MR) is 64.5 cm³/mol. The summed E-state index contributed by atoms with van der Waals surface area (Å²) in [5.41, 5.74) is 0.868. The van der Waals surface area contributed by atoms with E-state index >= 15 is 0 Å². The minimum Gasteiger partial charge on any atom is -0.459 e. The fraction of sp³-hybridized carbons (Fsp3) is 0.583. The Kier molecular flexibility index (Phi) is 3.04. The van der Waals surface area contributed by atoms with Crippen molar-refractivity contribution in [1.82, 2.24) is 5.32 Å². The van der Waals surface area contributed by atoms with Crippen LogP contribution in [0.2, 0.25) is 0 Å². The molecule has 0 saturated carbocycles. The molecule has 4 heteroatoms. The molecule has 1 unspecified atom stereocenters. The second-order valence-electron chi connectivity index (χ2n) is 5.04. The molecular weight excluding hydrogens is 222 g/mol. The van der Waals surface area contributed by atoms with Gasteiger partial charge in [-0.15, -0.1) is 11.3 Å². The molecule has 1 aliphatic heterocycles. The Morgan fingerprint density at radius 3 is 3.00 bits per heavy atom. The van der Waals surface area contributed by atoms with E-state index in [1.54, 1.807) is 11.3 Å². The summed E-state index contributed by atoms with van der Waals surface area (Å²) in [6.07, 6.45) is 0.744. The maximum Gasteiger partial charge on any atom is 0.324 e. The van der Waals surface area contributed by atoms with Crippen LogP contribution in [-0.2, 0) is 22.5 Å². The number of carbonyl (C=O) groups is 1. The van der Waals surface area contributed by atoms with Crippen LogP contribution < -0.4 is 5.32 Å². The molecule has 1 atom stereocenters. The summed E-state index contributed by atoms with van der Waals surface area (Å²) in [5, 5.41) is 5.29. The third-order valence-corrected chi connectivity index (χ3v) is 3.43. The Balaban J connectivity index is 2.01. The number of nitrogens with one attached hydrogen (secondary N) is 1. The summed E-state index contributed by atoms with van der Waals surface area (Å²) in [6.45, 7) is 6.45. The zero-order chi connectivity index (χ0) is 11.8. The molecule has 0 aromatic carbocycles. The Morgan fingerprint density at radius 1 is 1.56 bits per heavy atom. The largest absolute Gasteiger partial charge is 0.459 e. The van der Waals surface area contributed by atoms with Crippen LogP contribution in [0.3, 0.4) is 0 Å². The molecule has 0 radical (unpaired) electrons. The lowest BCUT2D eigenvalue weighted by molar-refractivity contribution is -0.157. The van der Waals surface area contributed by atoms with Crippen molar-refractivity contribution < 1.29 is 9.53 Å². The van der Waals surface area contributed by atoms with Gasteiger partial charge < -0.3 is 4.74 Å². The molecule has 1 aliphatic rings. The highest BCUT2D eigenvalue weighted by molar-refractivity contribution is 7.10. The molecule has 0 bridgehead atoms. The van der Waals surface area contributed by atoms with Gasteiger partial charge in [0.1, 0.15) is 11.6 Å². The Labute approximate surface area is 99.8 Å². The summed E-state index contributed by atoms with van der Waals surface area (Å²) in [4.78, 5) is 13.2. The quantitative estimate of drug-likeness (QED) is 0.763. The maximum absolute atomic E-state index is 11.9. The van der Waals surface area contributed by atoms with Crippen molar-refractivity contribution in [3.05, 3.63) is 21.9 Å². The zero-order valence-corrected chi connectivity index (χ0v) is 10.7. The van der Waals surface area contributed by atoms with E-state index in [1.807, 2.05) is 20.8 Å². The molecule has 0 saturated heterocycles. The number of carbonyl (C=O) groups excluding carboxylic acids is 1. The monoisotopic (exact) mass is 239 g/mol. The predicted octanol–water partition coefficient (Wildman–Crippen LogP) is 2.10. The zero-order valence-electron chi connectivity index (χ0n) is 9.87. The van der Waals surface area contributed by atoms with Gasteiger partial charge in [-0.2, -0.15) is 0 Å². The average molecular weight is 239 g/mol. The topological polar surface area (TPSA) is 38.3 Å². The van der Waals surface area contributed by atoms with Crippen LogP contribution in [0.5, 0.6) is 0 Å². The third-order valence-electron chi connectivity index (χ3n) is 2.46.